The molecular formula is C19H20N4O2. The largest absolute Gasteiger partial charge is 0.314 e. The molecule has 2 aliphatic rings. The van der Waals surface area contributed by atoms with Crippen LogP contribution in [0.2, 0.25) is 0 Å². The highest BCUT2D eigenvalue weighted by molar-refractivity contribution is 6.05. The van der Waals surface area contributed by atoms with E-state index in [1.165, 1.54) is 6.08 Å². The molecule has 1 aliphatic heterocycles. The van der Waals surface area contributed by atoms with Crippen molar-refractivity contribution in [2.45, 2.75) is 31.7 Å². The number of imidazole rings is 1. The number of nitrogens with zero attached hydrogens (tertiary/aromatic N) is 3. The minimum atomic E-state index is -0.178. The Bertz CT molecular complexity index is 851. The van der Waals surface area contributed by atoms with Crippen molar-refractivity contribution in [2.75, 3.05) is 16.8 Å². The fourth-order valence-electron chi connectivity index (χ4n) is 3.31. The third-order valence-corrected chi connectivity index (χ3v) is 4.74. The van der Waals surface area contributed by atoms with Crippen molar-refractivity contribution < 1.29 is 9.59 Å². The lowest BCUT2D eigenvalue weighted by Gasteiger charge is -2.28. The molecule has 0 saturated heterocycles. The quantitative estimate of drug-likeness (QED) is 0.873. The summed E-state index contributed by atoms with van der Waals surface area (Å²) in [6.07, 6.45) is 8.93. The van der Waals surface area contributed by atoms with Gasteiger partial charge in [-0.3, -0.25) is 14.9 Å². The van der Waals surface area contributed by atoms with Gasteiger partial charge in [0, 0.05) is 36.2 Å². The average molecular weight is 336 g/mol. The van der Waals surface area contributed by atoms with E-state index in [1.54, 1.807) is 17.2 Å². The third-order valence-electron chi connectivity index (χ3n) is 4.74. The lowest BCUT2D eigenvalue weighted by molar-refractivity contribution is -0.114. The lowest BCUT2D eigenvalue weighted by Crippen LogP contribution is -2.34. The second-order valence-corrected chi connectivity index (χ2v) is 6.48. The second-order valence-electron chi connectivity index (χ2n) is 6.48. The van der Waals surface area contributed by atoms with Crippen LogP contribution in [0.25, 0.3) is 0 Å². The smallest absolute Gasteiger partial charge is 0.257 e. The summed E-state index contributed by atoms with van der Waals surface area (Å²) >= 11 is 0. The van der Waals surface area contributed by atoms with Crippen molar-refractivity contribution in [2.24, 2.45) is 0 Å². The maximum Gasteiger partial charge on any atom is 0.257 e. The Hall–Kier alpha value is -2.89. The van der Waals surface area contributed by atoms with E-state index in [0.29, 0.717) is 24.1 Å². The summed E-state index contributed by atoms with van der Waals surface area (Å²) in [5.74, 6) is 0.307. The molecule has 0 bridgehead atoms. The van der Waals surface area contributed by atoms with Crippen LogP contribution >= 0.6 is 0 Å². The van der Waals surface area contributed by atoms with E-state index < -0.39 is 0 Å². The molecule has 1 N–H and O–H groups in total. The summed E-state index contributed by atoms with van der Waals surface area (Å²) < 4.78 is 2.01. The second kappa shape index (κ2) is 6.20. The zero-order valence-electron chi connectivity index (χ0n) is 13.9. The van der Waals surface area contributed by atoms with E-state index in [4.69, 9.17) is 0 Å². The van der Waals surface area contributed by atoms with Gasteiger partial charge in [0.15, 0.2) is 0 Å². The van der Waals surface area contributed by atoms with Gasteiger partial charge < -0.3 is 9.47 Å². The first-order valence-electron chi connectivity index (χ1n) is 8.58. The fraction of sp³-hybridized carbons (Fsp3) is 0.316. The molecule has 128 valence electrons. The maximum absolute atomic E-state index is 12.6. The Kier molecular flexibility index (Phi) is 3.87. The highest BCUT2D eigenvalue weighted by atomic mass is 16.2. The van der Waals surface area contributed by atoms with Crippen molar-refractivity contribution >= 4 is 23.5 Å². The monoisotopic (exact) mass is 336 g/mol. The van der Waals surface area contributed by atoms with Crippen molar-refractivity contribution in [3.8, 4) is 0 Å². The van der Waals surface area contributed by atoms with E-state index in [1.807, 2.05) is 22.9 Å². The SMILES string of the molecule is C=CC(=O)N1CCCc2cc(C(=O)Nc3nccn3C3CC3)ccc21. The van der Waals surface area contributed by atoms with Crippen LogP contribution in [-0.4, -0.2) is 27.9 Å². The minimum Gasteiger partial charge on any atom is -0.314 e. The van der Waals surface area contributed by atoms with Crippen molar-refractivity contribution in [1.29, 1.82) is 0 Å². The number of aromatic nitrogens is 2. The zero-order chi connectivity index (χ0) is 17.4. The van der Waals surface area contributed by atoms with Gasteiger partial charge in [-0.25, -0.2) is 4.98 Å². The van der Waals surface area contributed by atoms with E-state index in [-0.39, 0.29) is 11.8 Å². The topological polar surface area (TPSA) is 67.2 Å². The summed E-state index contributed by atoms with van der Waals surface area (Å²) in [6, 6.07) is 5.93. The molecule has 0 atom stereocenters. The normalized spacial score (nSPS) is 16.2. The van der Waals surface area contributed by atoms with Gasteiger partial charge >= 0.3 is 0 Å². The number of aryl methyl sites for hydroxylation is 1. The van der Waals surface area contributed by atoms with Gasteiger partial charge in [0.2, 0.25) is 11.9 Å². The predicted octanol–water partition coefficient (Wildman–Crippen LogP) is 2.94. The number of fused-ring (bicyclic) bond motifs is 1. The van der Waals surface area contributed by atoms with Crippen LogP contribution < -0.4 is 10.2 Å². The highest BCUT2D eigenvalue weighted by Gasteiger charge is 2.26. The molecule has 0 unspecified atom stereocenters. The molecule has 1 saturated carbocycles. The minimum absolute atomic E-state index is 0.107. The summed E-state index contributed by atoms with van der Waals surface area (Å²) in [7, 11) is 0. The van der Waals surface area contributed by atoms with Crippen LogP contribution in [0.15, 0.2) is 43.2 Å². The molecule has 1 aromatic heterocycles. The molecule has 6 heteroatoms. The number of carbonyl (C=O) groups excluding carboxylic acids is 2. The van der Waals surface area contributed by atoms with E-state index in [0.717, 1.165) is 36.9 Å². The molecule has 4 rings (SSSR count). The zero-order valence-corrected chi connectivity index (χ0v) is 13.9. The summed E-state index contributed by atoms with van der Waals surface area (Å²) in [4.78, 5) is 30.5. The van der Waals surface area contributed by atoms with Gasteiger partial charge in [-0.05, 0) is 55.5 Å². The van der Waals surface area contributed by atoms with Gasteiger partial charge in [0.1, 0.15) is 0 Å². The van der Waals surface area contributed by atoms with Crippen molar-refractivity contribution in [3.05, 3.63) is 54.4 Å². The highest BCUT2D eigenvalue weighted by Crippen LogP contribution is 2.37. The van der Waals surface area contributed by atoms with E-state index >= 15 is 0 Å². The molecule has 25 heavy (non-hydrogen) atoms. The van der Waals surface area contributed by atoms with Gasteiger partial charge in [0.25, 0.3) is 5.91 Å². The average Bonchev–Trinajstić information content (AvgIpc) is 3.39. The van der Waals surface area contributed by atoms with E-state index in [2.05, 4.69) is 16.9 Å². The van der Waals surface area contributed by atoms with Crippen molar-refractivity contribution in [1.82, 2.24) is 9.55 Å². The molecular weight excluding hydrogens is 316 g/mol. The first-order valence-corrected chi connectivity index (χ1v) is 8.58. The Balaban J connectivity index is 1.57. The summed E-state index contributed by atoms with van der Waals surface area (Å²) in [6.45, 7) is 4.24. The molecule has 0 spiro atoms. The number of hydrogen-bond donors (Lipinski definition) is 1. The van der Waals surface area contributed by atoms with Gasteiger partial charge in [-0.1, -0.05) is 6.58 Å². The molecule has 1 aliphatic carbocycles. The maximum atomic E-state index is 12.6. The van der Waals surface area contributed by atoms with E-state index in [9.17, 15) is 9.59 Å². The number of nitrogens with one attached hydrogen (secondary N) is 1. The Morgan fingerprint density at radius 1 is 1.32 bits per heavy atom. The molecule has 1 aromatic carbocycles. The van der Waals surface area contributed by atoms with Gasteiger partial charge in [-0.2, -0.15) is 0 Å². The molecule has 6 nitrogen and oxygen atoms in total. The molecule has 2 amide bonds. The van der Waals surface area contributed by atoms with Crippen molar-refractivity contribution in [3.63, 3.8) is 0 Å². The first-order chi connectivity index (χ1) is 12.2. The molecule has 1 fully saturated rings. The van der Waals surface area contributed by atoms with Gasteiger partial charge in [-0.15, -0.1) is 0 Å². The number of anilines is 2. The van der Waals surface area contributed by atoms with Crippen LogP contribution in [-0.2, 0) is 11.2 Å². The predicted molar refractivity (Wildman–Crippen MR) is 95.8 cm³/mol. The van der Waals surface area contributed by atoms with Crippen LogP contribution in [0.4, 0.5) is 11.6 Å². The van der Waals surface area contributed by atoms with Crippen LogP contribution in [0.1, 0.15) is 41.2 Å². The number of benzene rings is 1. The number of hydrogen-bond acceptors (Lipinski definition) is 3. The molecule has 2 heterocycles. The Morgan fingerprint density at radius 3 is 2.92 bits per heavy atom. The fourth-order valence-corrected chi connectivity index (χ4v) is 3.31. The standard InChI is InChI=1S/C19H20N4O2/c1-2-17(24)23-10-3-4-13-12-14(5-8-16(13)23)18(25)21-19-20-9-11-22(19)15-6-7-15/h2,5,8-9,11-12,15H,1,3-4,6-7,10H2,(H,20,21,25). The van der Waals surface area contributed by atoms with Crippen LogP contribution in [0.3, 0.4) is 0 Å². The van der Waals surface area contributed by atoms with Gasteiger partial charge in [0.05, 0.1) is 0 Å². The number of rotatable bonds is 4. The summed E-state index contributed by atoms with van der Waals surface area (Å²) in [5, 5.41) is 2.90. The third kappa shape index (κ3) is 2.95. The Labute approximate surface area is 146 Å². The van der Waals surface area contributed by atoms with Crippen LogP contribution in [0, 0.1) is 0 Å². The molecule has 0 radical (unpaired) electrons. The van der Waals surface area contributed by atoms with Crippen LogP contribution in [0.5, 0.6) is 0 Å². The summed E-state index contributed by atoms with van der Waals surface area (Å²) in [5.41, 5.74) is 2.46. The molecule has 2 aromatic rings. The number of amides is 2. The number of carbonyl (C=O) groups is 2. The lowest BCUT2D eigenvalue weighted by atomic mass is 9.99. The Morgan fingerprint density at radius 2 is 2.16 bits per heavy atom. The first kappa shape index (κ1) is 15.6.